The lowest BCUT2D eigenvalue weighted by molar-refractivity contribution is 0.0944. The SMILES string of the molecule is Cc1cc(C(=O)NCC2CCOC2)cc(S(N)(=O)=O)c1Br. The number of sulfonamides is 1. The molecule has 0 spiro atoms. The Kier molecular flexibility index (Phi) is 5.03. The summed E-state index contributed by atoms with van der Waals surface area (Å²) in [5.74, 6) is -0.00870. The Morgan fingerprint density at radius 1 is 1.52 bits per heavy atom. The van der Waals surface area contributed by atoms with Crippen molar-refractivity contribution in [2.24, 2.45) is 11.1 Å². The summed E-state index contributed by atoms with van der Waals surface area (Å²) in [6.45, 7) is 3.58. The third-order valence-electron chi connectivity index (χ3n) is 3.37. The minimum atomic E-state index is -3.89. The van der Waals surface area contributed by atoms with Crippen molar-refractivity contribution in [3.8, 4) is 0 Å². The maximum Gasteiger partial charge on any atom is 0.251 e. The van der Waals surface area contributed by atoms with E-state index in [0.29, 0.717) is 35.7 Å². The van der Waals surface area contributed by atoms with E-state index in [1.165, 1.54) is 6.07 Å². The molecule has 3 N–H and O–H groups in total. The van der Waals surface area contributed by atoms with Crippen molar-refractivity contribution in [3.05, 3.63) is 27.7 Å². The quantitative estimate of drug-likeness (QED) is 0.823. The van der Waals surface area contributed by atoms with Gasteiger partial charge in [-0.1, -0.05) is 0 Å². The minimum Gasteiger partial charge on any atom is -0.381 e. The smallest absolute Gasteiger partial charge is 0.251 e. The first kappa shape index (κ1) is 16.4. The molecule has 21 heavy (non-hydrogen) atoms. The number of hydrogen-bond donors (Lipinski definition) is 2. The zero-order valence-electron chi connectivity index (χ0n) is 11.6. The summed E-state index contributed by atoms with van der Waals surface area (Å²) in [7, 11) is -3.89. The van der Waals surface area contributed by atoms with Gasteiger partial charge in [-0.15, -0.1) is 0 Å². The molecule has 1 aliphatic heterocycles. The standard InChI is InChI=1S/C13H17BrN2O4S/c1-8-4-10(5-11(12(8)14)21(15,18)19)13(17)16-6-9-2-3-20-7-9/h4-5,9H,2-3,6-7H2,1H3,(H,16,17)(H2,15,18,19). The zero-order valence-corrected chi connectivity index (χ0v) is 14.0. The third kappa shape index (κ3) is 4.03. The van der Waals surface area contributed by atoms with E-state index >= 15 is 0 Å². The van der Waals surface area contributed by atoms with Crippen LogP contribution in [0.5, 0.6) is 0 Å². The first-order chi connectivity index (χ1) is 9.79. The number of aryl methyl sites for hydroxylation is 1. The van der Waals surface area contributed by atoms with Crippen LogP contribution in [0.1, 0.15) is 22.3 Å². The van der Waals surface area contributed by atoms with Crippen molar-refractivity contribution < 1.29 is 17.9 Å². The summed E-state index contributed by atoms with van der Waals surface area (Å²) < 4.78 is 28.7. The lowest BCUT2D eigenvalue weighted by Gasteiger charge is -2.12. The van der Waals surface area contributed by atoms with Gasteiger partial charge in [-0.25, -0.2) is 13.6 Å². The summed E-state index contributed by atoms with van der Waals surface area (Å²) in [5, 5.41) is 7.96. The van der Waals surface area contributed by atoms with Crippen LogP contribution < -0.4 is 10.5 Å². The van der Waals surface area contributed by atoms with Crippen LogP contribution in [-0.4, -0.2) is 34.1 Å². The average Bonchev–Trinajstić information content (AvgIpc) is 2.90. The molecule has 1 saturated heterocycles. The Balaban J connectivity index is 2.19. The number of amides is 1. The topological polar surface area (TPSA) is 98.5 Å². The van der Waals surface area contributed by atoms with Gasteiger partial charge < -0.3 is 10.1 Å². The maximum absolute atomic E-state index is 12.1. The molecule has 0 aliphatic carbocycles. The monoisotopic (exact) mass is 376 g/mol. The van der Waals surface area contributed by atoms with Crippen LogP contribution in [0, 0.1) is 12.8 Å². The van der Waals surface area contributed by atoms with Gasteiger partial charge in [0.1, 0.15) is 0 Å². The van der Waals surface area contributed by atoms with E-state index < -0.39 is 10.0 Å². The molecule has 0 bridgehead atoms. The van der Waals surface area contributed by atoms with Crippen molar-refractivity contribution in [2.45, 2.75) is 18.2 Å². The lowest BCUT2D eigenvalue weighted by atomic mass is 10.1. The van der Waals surface area contributed by atoms with E-state index in [2.05, 4.69) is 21.2 Å². The molecule has 1 unspecified atom stereocenters. The molecular weight excluding hydrogens is 360 g/mol. The predicted molar refractivity (Wildman–Crippen MR) is 81.5 cm³/mol. The molecule has 8 heteroatoms. The van der Waals surface area contributed by atoms with Gasteiger partial charge in [0.2, 0.25) is 10.0 Å². The molecule has 0 radical (unpaired) electrons. The summed E-state index contributed by atoms with van der Waals surface area (Å²) in [5.41, 5.74) is 0.912. The van der Waals surface area contributed by atoms with Crippen LogP contribution in [-0.2, 0) is 14.8 Å². The van der Waals surface area contributed by atoms with E-state index in [4.69, 9.17) is 9.88 Å². The number of rotatable bonds is 4. The molecule has 6 nitrogen and oxygen atoms in total. The van der Waals surface area contributed by atoms with E-state index in [9.17, 15) is 13.2 Å². The van der Waals surface area contributed by atoms with Gasteiger partial charge in [-0.2, -0.15) is 0 Å². The number of carbonyl (C=O) groups is 1. The summed E-state index contributed by atoms with van der Waals surface area (Å²) in [6.07, 6.45) is 0.919. The molecule has 0 saturated carbocycles. The van der Waals surface area contributed by atoms with E-state index in [1.54, 1.807) is 13.0 Å². The van der Waals surface area contributed by atoms with Crippen LogP contribution >= 0.6 is 15.9 Å². The van der Waals surface area contributed by atoms with Crippen molar-refractivity contribution in [1.82, 2.24) is 5.32 Å². The number of halogens is 1. The van der Waals surface area contributed by atoms with Crippen LogP contribution in [0.2, 0.25) is 0 Å². The van der Waals surface area contributed by atoms with Gasteiger partial charge in [0.15, 0.2) is 0 Å². The second kappa shape index (κ2) is 6.43. The molecule has 1 aliphatic rings. The second-order valence-corrected chi connectivity index (χ2v) is 7.41. The highest BCUT2D eigenvalue weighted by atomic mass is 79.9. The molecule has 1 fully saturated rings. The van der Waals surface area contributed by atoms with Crippen LogP contribution in [0.15, 0.2) is 21.5 Å². The van der Waals surface area contributed by atoms with Gasteiger partial charge in [-0.05, 0) is 47.0 Å². The molecule has 1 aromatic rings. The summed E-state index contributed by atoms with van der Waals surface area (Å²) in [6, 6.07) is 2.91. The largest absolute Gasteiger partial charge is 0.381 e. The van der Waals surface area contributed by atoms with Crippen molar-refractivity contribution in [1.29, 1.82) is 0 Å². The molecule has 2 rings (SSSR count). The van der Waals surface area contributed by atoms with Crippen LogP contribution in [0.3, 0.4) is 0 Å². The number of carbonyl (C=O) groups excluding carboxylic acids is 1. The third-order valence-corrected chi connectivity index (χ3v) is 5.62. The average molecular weight is 377 g/mol. The number of primary sulfonamides is 1. The first-order valence-corrected chi connectivity index (χ1v) is 8.82. The molecule has 1 aromatic carbocycles. The van der Waals surface area contributed by atoms with Crippen LogP contribution in [0.25, 0.3) is 0 Å². The van der Waals surface area contributed by atoms with E-state index in [1.807, 2.05) is 0 Å². The Morgan fingerprint density at radius 2 is 2.24 bits per heavy atom. The normalized spacial score (nSPS) is 18.7. The number of nitrogens with one attached hydrogen (secondary N) is 1. The maximum atomic E-state index is 12.1. The highest BCUT2D eigenvalue weighted by Crippen LogP contribution is 2.26. The molecule has 1 amide bonds. The Bertz CT molecular complexity index is 654. The lowest BCUT2D eigenvalue weighted by Crippen LogP contribution is -2.29. The zero-order chi connectivity index (χ0) is 15.6. The Hall–Kier alpha value is -0.960. The molecule has 116 valence electrons. The fraction of sp³-hybridized carbons (Fsp3) is 0.462. The molecule has 1 atom stereocenters. The van der Waals surface area contributed by atoms with Crippen molar-refractivity contribution in [2.75, 3.05) is 19.8 Å². The van der Waals surface area contributed by atoms with Crippen LogP contribution in [0.4, 0.5) is 0 Å². The minimum absolute atomic E-state index is 0.0863. The predicted octanol–water partition coefficient (Wildman–Crippen LogP) is 1.17. The first-order valence-electron chi connectivity index (χ1n) is 6.48. The summed E-state index contributed by atoms with van der Waals surface area (Å²) >= 11 is 3.18. The summed E-state index contributed by atoms with van der Waals surface area (Å²) in [4.78, 5) is 12.1. The fourth-order valence-electron chi connectivity index (χ4n) is 2.16. The second-order valence-electron chi connectivity index (χ2n) is 5.09. The van der Waals surface area contributed by atoms with E-state index in [-0.39, 0.29) is 16.4 Å². The number of nitrogens with two attached hydrogens (primary N) is 1. The fourth-order valence-corrected chi connectivity index (χ4v) is 3.77. The highest BCUT2D eigenvalue weighted by molar-refractivity contribution is 9.10. The highest BCUT2D eigenvalue weighted by Gasteiger charge is 2.20. The Morgan fingerprint density at radius 3 is 2.81 bits per heavy atom. The van der Waals surface area contributed by atoms with Gasteiger partial charge >= 0.3 is 0 Å². The molecule has 0 aromatic heterocycles. The van der Waals surface area contributed by atoms with Gasteiger partial charge in [-0.3, -0.25) is 4.79 Å². The van der Waals surface area contributed by atoms with Crippen molar-refractivity contribution in [3.63, 3.8) is 0 Å². The molecular formula is C13H17BrN2O4S. The molecule has 1 heterocycles. The number of hydrogen-bond acceptors (Lipinski definition) is 4. The number of ether oxygens (including phenoxy) is 1. The van der Waals surface area contributed by atoms with Crippen molar-refractivity contribution >= 4 is 31.9 Å². The Labute approximate surface area is 132 Å². The number of benzene rings is 1. The van der Waals surface area contributed by atoms with Gasteiger partial charge in [0, 0.05) is 29.1 Å². The van der Waals surface area contributed by atoms with Gasteiger partial charge in [0.05, 0.1) is 11.5 Å². The van der Waals surface area contributed by atoms with E-state index in [0.717, 1.165) is 6.42 Å². The van der Waals surface area contributed by atoms with Gasteiger partial charge in [0.25, 0.3) is 5.91 Å².